The molecule has 2 aliphatic rings. The molecule has 2 saturated heterocycles. The second kappa shape index (κ2) is 20.3. The molecule has 1 N–H and O–H groups in total. The minimum Gasteiger partial charge on any atom is -0.497 e. The Morgan fingerprint density at radius 3 is 1.85 bits per heavy atom. The van der Waals surface area contributed by atoms with Crippen LogP contribution in [0.4, 0.5) is 0 Å². The molecule has 8 atom stereocenters. The Hall–Kier alpha value is -2.67. The third kappa shape index (κ3) is 11.0. The fourth-order valence-electron chi connectivity index (χ4n) is 7.02. The van der Waals surface area contributed by atoms with Gasteiger partial charge in [-0.3, -0.25) is 4.79 Å². The number of hydrogen-bond acceptors (Lipinski definition) is 12. The molecule has 0 radical (unpaired) electrons. The fourth-order valence-corrected chi connectivity index (χ4v) is 12.7. The van der Waals surface area contributed by atoms with Crippen molar-refractivity contribution in [3.8, 4) is 5.75 Å². The normalized spacial score (nSPS) is 26.5. The Bertz CT molecular complexity index is 1390. The van der Waals surface area contributed by atoms with Crippen molar-refractivity contribution in [2.75, 3.05) is 20.3 Å². The van der Waals surface area contributed by atoms with Crippen molar-refractivity contribution in [2.24, 2.45) is 0 Å². The molecule has 53 heavy (non-hydrogen) atoms. The third-order valence-electron chi connectivity index (χ3n) is 10.9. The Morgan fingerprint density at radius 2 is 1.28 bits per heavy atom. The maximum atomic E-state index is 13.9. The van der Waals surface area contributed by atoms with Gasteiger partial charge in [-0.05, 0) is 66.1 Å². The van der Waals surface area contributed by atoms with E-state index in [1.165, 1.54) is 6.92 Å². The number of hydrogen-bond donors (Lipinski definition) is 1. The lowest BCUT2D eigenvalue weighted by Crippen LogP contribution is -2.64. The fraction of sp³-hybridized carbons (Fsp3) is 0.641. The predicted octanol–water partition coefficient (Wildman–Crippen LogP) is 6.61. The number of ether oxygens (including phenoxy) is 7. The molecule has 0 aliphatic carbocycles. The SMILES string of the molecule is CC[Si](CC)(CC)O[C@@H]1[C@@H](OC(=O)c2ccc(OC)cc2)[C@H](O[C@H]2CO[C@H](OCc3ccccc3)[C@H](OC(C)=O)[C@H]2O)OC[C@H]1O[Si](CC)(CC)CC. The van der Waals surface area contributed by atoms with Gasteiger partial charge in [0.05, 0.1) is 38.6 Å². The first kappa shape index (κ1) is 43.1. The summed E-state index contributed by atoms with van der Waals surface area (Å²) in [6.45, 7) is 14.4. The molecule has 2 fully saturated rings. The van der Waals surface area contributed by atoms with Gasteiger partial charge in [0.25, 0.3) is 0 Å². The summed E-state index contributed by atoms with van der Waals surface area (Å²) in [5.74, 6) is -0.614. The standard InChI is InChI=1S/C39H60O12Si2/c1-9-52(10-2,11-3)50-32-26-46-39(48-31-25-45-38(35(33(31)41)47-27(7)40)44-24-28-18-16-15-17-19-28)36(34(32)51-53(12-4,13-5)14-6)49-37(42)29-20-22-30(43-8)23-21-29/h15-23,31-36,38-39,41H,9-14,24-26H2,1-8H3/t31-,32+,33-,34-,35+,36+,38-,39-/m0/s1. The van der Waals surface area contributed by atoms with E-state index in [1.807, 2.05) is 30.3 Å². The molecule has 0 unspecified atom stereocenters. The van der Waals surface area contributed by atoms with Crippen molar-refractivity contribution in [1.29, 1.82) is 0 Å². The summed E-state index contributed by atoms with van der Waals surface area (Å²) in [5.41, 5.74) is 1.20. The number of methoxy groups -OCH3 is 1. The molecule has 2 aromatic rings. The second-order valence-corrected chi connectivity index (χ2v) is 23.2. The highest BCUT2D eigenvalue weighted by Crippen LogP contribution is 2.36. The summed E-state index contributed by atoms with van der Waals surface area (Å²) >= 11 is 0. The lowest BCUT2D eigenvalue weighted by molar-refractivity contribution is -0.328. The highest BCUT2D eigenvalue weighted by molar-refractivity contribution is 6.74. The number of esters is 2. The van der Waals surface area contributed by atoms with Crippen LogP contribution in [0.25, 0.3) is 0 Å². The van der Waals surface area contributed by atoms with Crippen LogP contribution in [-0.4, -0.2) is 103 Å². The highest BCUT2D eigenvalue weighted by atomic mass is 28.4. The zero-order valence-electron chi connectivity index (χ0n) is 32.6. The van der Waals surface area contributed by atoms with E-state index in [-0.39, 0.29) is 19.8 Å². The molecule has 0 amide bonds. The van der Waals surface area contributed by atoms with Gasteiger partial charge in [0.2, 0.25) is 0 Å². The number of aliphatic hydroxyl groups excluding tert-OH is 1. The number of carbonyl (C=O) groups excluding carboxylic acids is 2. The van der Waals surface area contributed by atoms with Crippen LogP contribution in [-0.2, 0) is 48.7 Å². The van der Waals surface area contributed by atoms with Crippen LogP contribution in [0.1, 0.15) is 64.4 Å². The summed E-state index contributed by atoms with van der Waals surface area (Å²) in [5, 5.41) is 11.7. The monoisotopic (exact) mass is 776 g/mol. The summed E-state index contributed by atoms with van der Waals surface area (Å²) in [6, 6.07) is 21.4. The topological polar surface area (TPSA) is 137 Å². The van der Waals surface area contributed by atoms with Crippen LogP contribution >= 0.6 is 0 Å². The van der Waals surface area contributed by atoms with Gasteiger partial charge in [0, 0.05) is 6.92 Å². The number of carbonyl (C=O) groups is 2. The number of benzene rings is 2. The molecule has 296 valence electrons. The van der Waals surface area contributed by atoms with Gasteiger partial charge in [0.1, 0.15) is 24.1 Å². The molecule has 2 aromatic carbocycles. The molecule has 0 aromatic heterocycles. The summed E-state index contributed by atoms with van der Waals surface area (Å²) in [6.07, 6.45) is -8.16. The summed E-state index contributed by atoms with van der Waals surface area (Å²) in [4.78, 5) is 26.1. The summed E-state index contributed by atoms with van der Waals surface area (Å²) in [7, 11) is -2.98. The van der Waals surface area contributed by atoms with E-state index in [1.54, 1.807) is 31.4 Å². The average molecular weight is 777 g/mol. The lowest BCUT2D eigenvalue weighted by atomic mass is 10.0. The largest absolute Gasteiger partial charge is 0.497 e. The lowest BCUT2D eigenvalue weighted by Gasteiger charge is -2.48. The first-order valence-corrected chi connectivity index (χ1v) is 24.2. The van der Waals surface area contributed by atoms with Crippen LogP contribution in [0.3, 0.4) is 0 Å². The minimum atomic E-state index is -2.34. The Morgan fingerprint density at radius 1 is 0.717 bits per heavy atom. The van der Waals surface area contributed by atoms with Gasteiger partial charge in [0.15, 0.2) is 41.4 Å². The molecule has 14 heteroatoms. The predicted molar refractivity (Wildman–Crippen MR) is 203 cm³/mol. The Balaban J connectivity index is 1.68. The maximum Gasteiger partial charge on any atom is 0.338 e. The van der Waals surface area contributed by atoms with Gasteiger partial charge in [-0.1, -0.05) is 71.9 Å². The van der Waals surface area contributed by atoms with Gasteiger partial charge >= 0.3 is 11.9 Å². The molecule has 12 nitrogen and oxygen atoms in total. The molecule has 4 rings (SSSR count). The van der Waals surface area contributed by atoms with Crippen LogP contribution < -0.4 is 4.74 Å². The van der Waals surface area contributed by atoms with Crippen molar-refractivity contribution >= 4 is 28.6 Å². The van der Waals surface area contributed by atoms with Crippen LogP contribution in [0.15, 0.2) is 54.6 Å². The van der Waals surface area contributed by atoms with Gasteiger partial charge in [-0.25, -0.2) is 4.79 Å². The zero-order valence-corrected chi connectivity index (χ0v) is 34.6. The van der Waals surface area contributed by atoms with Crippen molar-refractivity contribution in [2.45, 2.75) is 141 Å². The molecule has 0 spiro atoms. The molecular weight excluding hydrogens is 717 g/mol. The van der Waals surface area contributed by atoms with Crippen LogP contribution in [0.2, 0.25) is 36.3 Å². The van der Waals surface area contributed by atoms with E-state index in [2.05, 4.69) is 41.5 Å². The molecule has 0 bridgehead atoms. The average Bonchev–Trinajstić information content (AvgIpc) is 3.19. The van der Waals surface area contributed by atoms with Crippen molar-refractivity contribution < 1.29 is 56.7 Å². The number of aliphatic hydroxyl groups is 1. The third-order valence-corrected chi connectivity index (χ3v) is 20.2. The van der Waals surface area contributed by atoms with Crippen molar-refractivity contribution in [3.05, 3.63) is 65.7 Å². The maximum absolute atomic E-state index is 13.9. The molecule has 2 aliphatic heterocycles. The van der Waals surface area contributed by atoms with Gasteiger partial charge in [-0.15, -0.1) is 0 Å². The Kier molecular flexibility index (Phi) is 16.5. The molecule has 2 heterocycles. The quantitative estimate of drug-likeness (QED) is 0.121. The molecular formula is C39H60O12Si2. The smallest absolute Gasteiger partial charge is 0.338 e. The number of rotatable bonds is 19. The van der Waals surface area contributed by atoms with Crippen molar-refractivity contribution in [1.82, 2.24) is 0 Å². The summed E-state index contributed by atoms with van der Waals surface area (Å²) < 4.78 is 56.4. The first-order chi connectivity index (χ1) is 25.5. The first-order valence-electron chi connectivity index (χ1n) is 19.1. The van der Waals surface area contributed by atoms with E-state index in [0.29, 0.717) is 11.3 Å². The van der Waals surface area contributed by atoms with Crippen LogP contribution in [0, 0.1) is 0 Å². The second-order valence-electron chi connectivity index (χ2n) is 13.8. The van der Waals surface area contributed by atoms with E-state index in [4.69, 9.17) is 42.0 Å². The molecule has 0 saturated carbocycles. The van der Waals surface area contributed by atoms with Gasteiger partial charge < -0.3 is 47.1 Å². The van der Waals surface area contributed by atoms with Crippen molar-refractivity contribution in [3.63, 3.8) is 0 Å². The highest BCUT2D eigenvalue weighted by Gasteiger charge is 2.53. The zero-order chi connectivity index (χ0) is 38.6. The van der Waals surface area contributed by atoms with E-state index < -0.39 is 77.8 Å². The van der Waals surface area contributed by atoms with E-state index in [0.717, 1.165) is 41.8 Å². The van der Waals surface area contributed by atoms with Gasteiger partial charge in [-0.2, -0.15) is 0 Å². The minimum absolute atomic E-state index is 0.113. The van der Waals surface area contributed by atoms with E-state index in [9.17, 15) is 14.7 Å². The van der Waals surface area contributed by atoms with E-state index >= 15 is 0 Å². The van der Waals surface area contributed by atoms with Crippen LogP contribution in [0.5, 0.6) is 5.75 Å². The Labute approximate surface area is 316 Å².